The zero-order valence-electron chi connectivity index (χ0n) is 14.6. The summed E-state index contributed by atoms with van der Waals surface area (Å²) in [6.07, 6.45) is 2.34. The van der Waals surface area contributed by atoms with Crippen LogP contribution in [0.3, 0.4) is 0 Å². The molecule has 2 amide bonds. The molecule has 0 spiro atoms. The van der Waals surface area contributed by atoms with Gasteiger partial charge in [0, 0.05) is 12.8 Å². The number of hydrogen-bond donors (Lipinski definition) is 3. The fraction of sp³-hybridized carbons (Fsp3) is 0.444. The Labute approximate surface area is 147 Å². The lowest BCUT2D eigenvalue weighted by Gasteiger charge is -2.29. The Hall–Kier alpha value is -2.54. The van der Waals surface area contributed by atoms with E-state index in [1.807, 2.05) is 24.3 Å². The molecule has 1 saturated heterocycles. The molecule has 0 saturated carbocycles. The summed E-state index contributed by atoms with van der Waals surface area (Å²) in [7, 11) is 2.95. The number of esters is 1. The maximum atomic E-state index is 12.5. The lowest BCUT2D eigenvalue weighted by Crippen LogP contribution is -3.10. The van der Waals surface area contributed by atoms with Gasteiger partial charge < -0.3 is 25.0 Å². The Morgan fingerprint density at radius 3 is 2.48 bits per heavy atom. The number of benzene rings is 1. The number of rotatable bonds is 5. The van der Waals surface area contributed by atoms with Gasteiger partial charge in [0.2, 0.25) is 0 Å². The minimum atomic E-state index is -0.538. The first-order valence-corrected chi connectivity index (χ1v) is 8.48. The molecule has 3 rings (SSSR count). The maximum Gasteiger partial charge on any atom is 0.338 e. The predicted octanol–water partition coefficient (Wildman–Crippen LogP) is 0.155. The zero-order chi connectivity index (χ0) is 17.8. The topological polar surface area (TPSA) is 81.1 Å². The van der Waals surface area contributed by atoms with Crippen LogP contribution in [-0.2, 0) is 9.53 Å². The molecule has 134 valence electrons. The molecule has 1 aromatic rings. The van der Waals surface area contributed by atoms with Gasteiger partial charge in [0.05, 0.1) is 44.6 Å². The molecule has 0 unspecified atom stereocenters. The van der Waals surface area contributed by atoms with Gasteiger partial charge in [-0.25, -0.2) is 9.59 Å². The maximum absolute atomic E-state index is 12.5. The van der Waals surface area contributed by atoms with E-state index in [-0.39, 0.29) is 6.03 Å². The average Bonchev–Trinajstić information content (AvgIpc) is 3.13. The third-order valence-electron chi connectivity index (χ3n) is 4.75. The van der Waals surface area contributed by atoms with Crippen LogP contribution in [0.2, 0.25) is 0 Å². The van der Waals surface area contributed by atoms with Crippen molar-refractivity contribution in [3.63, 3.8) is 0 Å². The van der Waals surface area contributed by atoms with E-state index in [9.17, 15) is 9.59 Å². The van der Waals surface area contributed by atoms with E-state index >= 15 is 0 Å². The molecule has 2 heterocycles. The van der Waals surface area contributed by atoms with E-state index in [0.717, 1.165) is 18.7 Å². The molecule has 1 atom stereocenters. The number of carbonyl (C=O) groups is 2. The Balaban J connectivity index is 1.97. The Bertz CT molecular complexity index is 678. The van der Waals surface area contributed by atoms with Crippen LogP contribution in [0, 0.1) is 0 Å². The van der Waals surface area contributed by atoms with Crippen molar-refractivity contribution in [1.29, 1.82) is 0 Å². The highest BCUT2D eigenvalue weighted by atomic mass is 16.5. The van der Waals surface area contributed by atoms with Crippen molar-refractivity contribution in [2.24, 2.45) is 0 Å². The van der Waals surface area contributed by atoms with E-state index in [2.05, 4.69) is 10.6 Å². The minimum Gasteiger partial charge on any atom is -0.497 e. The summed E-state index contributed by atoms with van der Waals surface area (Å²) >= 11 is 0. The van der Waals surface area contributed by atoms with Crippen molar-refractivity contribution < 1.29 is 24.0 Å². The molecule has 0 aliphatic carbocycles. The third-order valence-corrected chi connectivity index (χ3v) is 4.75. The van der Waals surface area contributed by atoms with Crippen LogP contribution in [0.25, 0.3) is 0 Å². The number of methoxy groups -OCH3 is 2. The molecule has 7 nitrogen and oxygen atoms in total. The summed E-state index contributed by atoms with van der Waals surface area (Å²) in [5, 5.41) is 5.65. The van der Waals surface area contributed by atoms with Gasteiger partial charge in [0.25, 0.3) is 0 Å². The molecule has 1 fully saturated rings. The quantitative estimate of drug-likeness (QED) is 0.663. The number of amides is 2. The highest BCUT2D eigenvalue weighted by molar-refractivity contribution is 5.95. The lowest BCUT2D eigenvalue weighted by atomic mass is 9.95. The third kappa shape index (κ3) is 3.76. The summed E-state index contributed by atoms with van der Waals surface area (Å²) in [5.41, 5.74) is 1.92. The van der Waals surface area contributed by atoms with Gasteiger partial charge in [-0.05, 0) is 17.7 Å². The average molecular weight is 346 g/mol. The number of hydrogen-bond acceptors (Lipinski definition) is 4. The first-order valence-electron chi connectivity index (χ1n) is 8.48. The second-order valence-corrected chi connectivity index (χ2v) is 6.32. The molecule has 1 aromatic carbocycles. The van der Waals surface area contributed by atoms with E-state index in [1.165, 1.54) is 24.9 Å². The molecule has 0 bridgehead atoms. The molecular weight excluding hydrogens is 322 g/mol. The van der Waals surface area contributed by atoms with Crippen molar-refractivity contribution in [1.82, 2.24) is 10.6 Å². The SMILES string of the molecule is COC(=O)C1=C(C[NH+]2CCCC2)NC(=O)N[C@@H]1c1ccc(OC)cc1. The van der Waals surface area contributed by atoms with E-state index in [4.69, 9.17) is 9.47 Å². The number of ether oxygens (including phenoxy) is 2. The van der Waals surface area contributed by atoms with Crippen LogP contribution in [0.5, 0.6) is 5.75 Å². The highest BCUT2D eigenvalue weighted by Gasteiger charge is 2.35. The minimum absolute atomic E-state index is 0.304. The number of carbonyl (C=O) groups excluding carboxylic acids is 2. The van der Waals surface area contributed by atoms with Gasteiger partial charge in [-0.3, -0.25) is 0 Å². The Morgan fingerprint density at radius 2 is 1.88 bits per heavy atom. The highest BCUT2D eigenvalue weighted by Crippen LogP contribution is 2.28. The van der Waals surface area contributed by atoms with Gasteiger partial charge in [0.15, 0.2) is 0 Å². The standard InChI is InChI=1S/C18H23N3O4/c1-24-13-7-5-12(6-8-13)16-15(17(22)25-2)14(19-18(23)20-16)11-21-9-3-4-10-21/h5-8,16H,3-4,9-11H2,1-2H3,(H2,19,20,23)/p+1/t16-/m1/s1. The van der Waals surface area contributed by atoms with Crippen molar-refractivity contribution in [3.05, 3.63) is 41.1 Å². The lowest BCUT2D eigenvalue weighted by molar-refractivity contribution is -0.882. The fourth-order valence-electron chi connectivity index (χ4n) is 3.46. The van der Waals surface area contributed by atoms with Crippen LogP contribution in [0.4, 0.5) is 4.79 Å². The van der Waals surface area contributed by atoms with Gasteiger partial charge in [-0.1, -0.05) is 12.1 Å². The first-order chi connectivity index (χ1) is 12.1. The molecule has 0 radical (unpaired) electrons. The number of likely N-dealkylation sites (tertiary alicyclic amines) is 1. The van der Waals surface area contributed by atoms with Crippen molar-refractivity contribution in [3.8, 4) is 5.75 Å². The number of quaternary nitrogens is 1. The zero-order valence-corrected chi connectivity index (χ0v) is 14.6. The molecule has 7 heteroatoms. The van der Waals surface area contributed by atoms with Crippen LogP contribution in [-0.4, -0.2) is 45.9 Å². The fourth-order valence-corrected chi connectivity index (χ4v) is 3.46. The van der Waals surface area contributed by atoms with E-state index in [1.54, 1.807) is 7.11 Å². The molecule has 3 N–H and O–H groups in total. The van der Waals surface area contributed by atoms with Crippen molar-refractivity contribution in [2.75, 3.05) is 33.9 Å². The summed E-state index contributed by atoms with van der Waals surface area (Å²) in [5.74, 6) is 0.288. The summed E-state index contributed by atoms with van der Waals surface area (Å²) in [6, 6.07) is 6.47. The second kappa shape index (κ2) is 7.57. The van der Waals surface area contributed by atoms with Crippen LogP contribution in [0.15, 0.2) is 35.5 Å². The molecule has 0 aromatic heterocycles. The van der Waals surface area contributed by atoms with Crippen LogP contribution >= 0.6 is 0 Å². The van der Waals surface area contributed by atoms with Gasteiger partial charge in [0.1, 0.15) is 12.3 Å². The number of nitrogens with one attached hydrogen (secondary N) is 3. The summed E-state index contributed by atoms with van der Waals surface area (Å²) < 4.78 is 10.2. The van der Waals surface area contributed by atoms with Crippen LogP contribution in [0.1, 0.15) is 24.4 Å². The monoisotopic (exact) mass is 346 g/mol. The summed E-state index contributed by atoms with van der Waals surface area (Å²) in [6.45, 7) is 2.72. The van der Waals surface area contributed by atoms with Crippen molar-refractivity contribution in [2.45, 2.75) is 18.9 Å². The Morgan fingerprint density at radius 1 is 1.20 bits per heavy atom. The summed E-state index contributed by atoms with van der Waals surface area (Å²) in [4.78, 5) is 26.0. The molecule has 2 aliphatic heterocycles. The van der Waals surface area contributed by atoms with E-state index in [0.29, 0.717) is 23.6 Å². The van der Waals surface area contributed by atoms with Gasteiger partial charge in [-0.2, -0.15) is 0 Å². The second-order valence-electron chi connectivity index (χ2n) is 6.32. The molecular formula is C18H24N3O4+. The molecule has 2 aliphatic rings. The molecule has 25 heavy (non-hydrogen) atoms. The normalized spacial score (nSPS) is 20.9. The van der Waals surface area contributed by atoms with Gasteiger partial charge >= 0.3 is 12.0 Å². The van der Waals surface area contributed by atoms with Gasteiger partial charge in [-0.15, -0.1) is 0 Å². The largest absolute Gasteiger partial charge is 0.497 e. The van der Waals surface area contributed by atoms with Crippen molar-refractivity contribution >= 4 is 12.0 Å². The Kier molecular flexibility index (Phi) is 5.23. The number of urea groups is 1. The first kappa shape index (κ1) is 17.3. The predicted molar refractivity (Wildman–Crippen MR) is 91.2 cm³/mol. The smallest absolute Gasteiger partial charge is 0.338 e. The van der Waals surface area contributed by atoms with E-state index < -0.39 is 12.0 Å². The van der Waals surface area contributed by atoms with Crippen LogP contribution < -0.4 is 20.3 Å².